The van der Waals surface area contributed by atoms with E-state index in [1.54, 1.807) is 0 Å². The third-order valence-electron chi connectivity index (χ3n) is 0.667. The molecular weight excluding hydrogens is 132 g/mol. The monoisotopic (exact) mass is 149 g/mol. The van der Waals surface area contributed by atoms with Gasteiger partial charge in [0.1, 0.15) is 0 Å². The third-order valence-corrected chi connectivity index (χ3v) is 0.667. The Morgan fingerprint density at radius 3 is 1.11 bits per heavy atom. The maximum Gasteiger partial charge on any atom is 1.00 e. The summed E-state index contributed by atoms with van der Waals surface area (Å²) < 4.78 is 0. The number of hydrogen-bond acceptors (Lipinski definition) is 1. The van der Waals surface area contributed by atoms with Crippen LogP contribution in [0.25, 0.3) is 0 Å². The van der Waals surface area contributed by atoms with Gasteiger partial charge in [-0.3, -0.25) is 0 Å². The molecule has 0 radical (unpaired) electrons. The molecule has 9 heavy (non-hydrogen) atoms. The Balaban J connectivity index is -0.0000000300. The Morgan fingerprint density at radius 2 is 1.11 bits per heavy atom. The van der Waals surface area contributed by atoms with Crippen molar-refractivity contribution in [2.75, 3.05) is 0 Å². The van der Waals surface area contributed by atoms with Crippen LogP contribution in [0.1, 0.15) is 30.5 Å². The van der Waals surface area contributed by atoms with Gasteiger partial charge in [0.25, 0.3) is 0 Å². The molecule has 0 amide bonds. The Kier molecular flexibility index (Phi) is 19.0. The van der Waals surface area contributed by atoms with E-state index < -0.39 is 0 Å². The van der Waals surface area contributed by atoms with E-state index in [0.717, 1.165) is 0 Å². The molecule has 0 aliphatic heterocycles. The van der Waals surface area contributed by atoms with Gasteiger partial charge in [0, 0.05) is 12.1 Å². The zero-order valence-corrected chi connectivity index (χ0v) is 11.7. The topological polar surface area (TPSA) is 12.0 Å². The summed E-state index contributed by atoms with van der Waals surface area (Å²) in [5, 5.41) is 3.31. The minimum absolute atomic E-state index is 0. The predicted octanol–water partition coefficient (Wildman–Crippen LogP) is -4.37. The van der Waals surface area contributed by atoms with Crippen LogP contribution in [0.3, 0.4) is 0 Å². The van der Waals surface area contributed by atoms with Gasteiger partial charge >= 0.3 is 59.1 Å². The molecule has 0 aromatic rings. The Hall–Kier alpha value is 1.96. The van der Waals surface area contributed by atoms with Crippen LogP contribution >= 0.6 is 0 Å². The van der Waals surface area contributed by atoms with Crippen LogP contribution in [0.4, 0.5) is 0 Å². The van der Waals surface area contributed by atoms with Crippen molar-refractivity contribution < 1.29 is 62.0 Å². The van der Waals surface area contributed by atoms with E-state index in [0.29, 0.717) is 12.1 Å². The second kappa shape index (κ2) is 9.96. The second-order valence-corrected chi connectivity index (χ2v) is 2.48. The molecule has 0 rings (SSSR count). The molecule has 0 aromatic carbocycles. The van der Waals surface area contributed by atoms with E-state index >= 15 is 0 Å². The van der Waals surface area contributed by atoms with E-state index in [1.165, 1.54) is 0 Å². The Labute approximate surface area is 106 Å². The van der Waals surface area contributed by atoms with Crippen LogP contribution in [-0.4, -0.2) is 12.1 Å². The van der Waals surface area contributed by atoms with Crippen molar-refractivity contribution in [1.29, 1.82) is 0 Å². The van der Waals surface area contributed by atoms with Gasteiger partial charge in [0.05, 0.1) is 0 Å². The maximum absolute atomic E-state index is 3.31. The first kappa shape index (κ1) is 17.2. The van der Waals surface area contributed by atoms with Crippen molar-refractivity contribution in [2.24, 2.45) is 0 Å². The number of rotatable bonds is 2. The second-order valence-electron chi connectivity index (χ2n) is 2.48. The van der Waals surface area contributed by atoms with Crippen LogP contribution in [-0.2, 0) is 0 Å². The van der Waals surface area contributed by atoms with Crippen molar-refractivity contribution >= 4 is 0 Å². The summed E-state index contributed by atoms with van der Waals surface area (Å²) in [6, 6.07) is 1.25. The molecule has 0 unspecified atom stereocenters. The maximum atomic E-state index is 3.31. The molecule has 0 saturated carbocycles. The summed E-state index contributed by atoms with van der Waals surface area (Å²) in [6.07, 6.45) is 0. The van der Waals surface area contributed by atoms with Crippen molar-refractivity contribution in [2.45, 2.75) is 39.8 Å². The molecule has 0 fully saturated rings. The zero-order chi connectivity index (χ0) is 5.86. The normalized spacial score (nSPS) is 8.67. The first-order valence-electron chi connectivity index (χ1n) is 2.89. The fraction of sp³-hybridized carbons (Fsp3) is 1.00. The van der Waals surface area contributed by atoms with Gasteiger partial charge in [-0.1, -0.05) is 27.7 Å². The van der Waals surface area contributed by atoms with Gasteiger partial charge in [0.2, 0.25) is 0 Å². The van der Waals surface area contributed by atoms with Crippen LogP contribution < -0.4 is 64.4 Å². The van der Waals surface area contributed by atoms with E-state index in [9.17, 15) is 0 Å². The third kappa shape index (κ3) is 17.8. The number of hydrogen-bond donors (Lipinski definition) is 1. The molecule has 0 saturated heterocycles. The molecule has 48 valence electrons. The first-order chi connectivity index (χ1) is 3.13. The van der Waals surface area contributed by atoms with Gasteiger partial charge in [-0.25, -0.2) is 0 Å². The van der Waals surface area contributed by atoms with E-state index in [4.69, 9.17) is 0 Å². The predicted molar refractivity (Wildman–Crippen MR) is 35.6 cm³/mol. The average molecular weight is 149 g/mol. The average Bonchev–Trinajstić information content (AvgIpc) is 1.27. The molecular formula is C6H17NNa2. The summed E-state index contributed by atoms with van der Waals surface area (Å²) in [4.78, 5) is 0. The van der Waals surface area contributed by atoms with Gasteiger partial charge < -0.3 is 8.17 Å². The summed E-state index contributed by atoms with van der Waals surface area (Å²) in [7, 11) is 0. The van der Waals surface area contributed by atoms with Crippen molar-refractivity contribution in [3.63, 3.8) is 0 Å². The molecule has 0 atom stereocenters. The molecule has 0 heterocycles. The Morgan fingerprint density at radius 1 is 0.889 bits per heavy atom. The summed E-state index contributed by atoms with van der Waals surface area (Å²) in [5.74, 6) is 0. The molecule has 0 aliphatic carbocycles. The van der Waals surface area contributed by atoms with Gasteiger partial charge in [-0.05, 0) is 0 Å². The molecule has 0 bridgehead atoms. The standard InChI is InChI=1S/C6H15N.2Na.2H/c1-5(2)7-6(3)4;;;;/h5-7H,1-4H3;;;;/q;2*+1;2*-1. The molecule has 3 heteroatoms. The van der Waals surface area contributed by atoms with Gasteiger partial charge in [-0.2, -0.15) is 0 Å². The molecule has 0 spiro atoms. The molecule has 0 aromatic heterocycles. The van der Waals surface area contributed by atoms with Gasteiger partial charge in [-0.15, -0.1) is 0 Å². The quantitative estimate of drug-likeness (QED) is 0.391. The minimum atomic E-state index is 0. The van der Waals surface area contributed by atoms with Crippen LogP contribution in [0.5, 0.6) is 0 Å². The zero-order valence-electron chi connectivity index (χ0n) is 9.65. The van der Waals surface area contributed by atoms with E-state index in [1.807, 2.05) is 0 Å². The van der Waals surface area contributed by atoms with Crippen LogP contribution in [0.2, 0.25) is 0 Å². The summed E-state index contributed by atoms with van der Waals surface area (Å²) >= 11 is 0. The largest absolute Gasteiger partial charge is 1.00 e. The minimum Gasteiger partial charge on any atom is -1.00 e. The number of nitrogens with one attached hydrogen (secondary N) is 1. The van der Waals surface area contributed by atoms with E-state index in [-0.39, 0.29) is 62.0 Å². The first-order valence-corrected chi connectivity index (χ1v) is 2.89. The van der Waals surface area contributed by atoms with Crippen LogP contribution in [0.15, 0.2) is 0 Å². The van der Waals surface area contributed by atoms with Crippen molar-refractivity contribution in [3.8, 4) is 0 Å². The van der Waals surface area contributed by atoms with Crippen molar-refractivity contribution in [1.82, 2.24) is 5.32 Å². The fourth-order valence-electron chi connectivity index (χ4n) is 0.667. The Bertz CT molecular complexity index is 47.8. The molecule has 0 aliphatic rings. The van der Waals surface area contributed by atoms with Crippen molar-refractivity contribution in [3.05, 3.63) is 0 Å². The smallest absolute Gasteiger partial charge is 1.00 e. The summed E-state index contributed by atoms with van der Waals surface area (Å²) in [5.41, 5.74) is 0. The van der Waals surface area contributed by atoms with E-state index in [2.05, 4.69) is 33.0 Å². The molecule has 1 nitrogen and oxygen atoms in total. The van der Waals surface area contributed by atoms with Gasteiger partial charge in [0.15, 0.2) is 0 Å². The SMILES string of the molecule is CC(C)NC(C)C.[H-].[H-].[Na+].[Na+]. The van der Waals surface area contributed by atoms with Crippen LogP contribution in [0, 0.1) is 0 Å². The summed E-state index contributed by atoms with van der Waals surface area (Å²) in [6.45, 7) is 8.61. The fourth-order valence-corrected chi connectivity index (χ4v) is 0.667. The molecule has 1 N–H and O–H groups in total.